The second-order valence-electron chi connectivity index (χ2n) is 3.28. The Morgan fingerprint density at radius 2 is 2.12 bits per heavy atom. The van der Waals surface area contributed by atoms with Crippen LogP contribution in [0.15, 0.2) is 24.3 Å². The summed E-state index contributed by atoms with van der Waals surface area (Å²) in [6, 6.07) is 5.63. The predicted octanol–water partition coefficient (Wildman–Crippen LogP) is 3.06. The predicted molar refractivity (Wildman–Crippen MR) is 68.7 cm³/mol. The van der Waals surface area contributed by atoms with Crippen molar-refractivity contribution in [2.24, 2.45) is 0 Å². The zero-order valence-electron chi connectivity index (χ0n) is 10.1. The zero-order chi connectivity index (χ0) is 12.6. The molecule has 3 nitrogen and oxygen atoms in total. The largest absolute Gasteiger partial charge is 0.507 e. The molecular weight excluding hydrogens is 202 g/mol. The third kappa shape index (κ3) is 3.77. The van der Waals surface area contributed by atoms with Gasteiger partial charge in [0, 0.05) is 24.4 Å². The summed E-state index contributed by atoms with van der Waals surface area (Å²) in [5.74, 6) is 0.332. The molecule has 0 radical (unpaired) electrons. The number of carbonyl (C=O) groups is 1. The first-order valence-electron chi connectivity index (χ1n) is 5.15. The fraction of sp³-hybridized carbons (Fsp3) is 0.308. The van der Waals surface area contributed by atoms with Crippen LogP contribution in [0.3, 0.4) is 0 Å². The number of phenols is 1. The summed E-state index contributed by atoms with van der Waals surface area (Å²) >= 11 is 0. The first-order chi connectivity index (χ1) is 7.69. The van der Waals surface area contributed by atoms with Gasteiger partial charge in [0.15, 0.2) is 0 Å². The minimum absolute atomic E-state index is 0.332. The summed E-state index contributed by atoms with van der Waals surface area (Å²) in [4.78, 5) is 8.00. The fourth-order valence-corrected chi connectivity index (χ4v) is 1.44. The van der Waals surface area contributed by atoms with Crippen molar-refractivity contribution in [3.8, 4) is 5.75 Å². The Bertz CT molecular complexity index is 359. The summed E-state index contributed by atoms with van der Waals surface area (Å²) in [5.41, 5.74) is 2.95. The van der Waals surface area contributed by atoms with Crippen LogP contribution in [0.2, 0.25) is 0 Å². The number of anilines is 1. The lowest BCUT2D eigenvalue weighted by molar-refractivity contribution is -0.0979. The highest BCUT2D eigenvalue weighted by Gasteiger charge is 2.02. The minimum Gasteiger partial charge on any atom is -0.507 e. The van der Waals surface area contributed by atoms with Crippen LogP contribution in [0.1, 0.15) is 25.8 Å². The standard InChI is InChI=1S/C12H17NO.CH2O/c1-4-5-9(2)11-7-6-10(13-3)8-12(11)14;1-2/h5-8,13-14H,4H2,1-3H3;1H2/b9-5-;. The highest BCUT2D eigenvalue weighted by Crippen LogP contribution is 2.27. The van der Waals surface area contributed by atoms with E-state index in [9.17, 15) is 5.11 Å². The Labute approximate surface area is 96.8 Å². The van der Waals surface area contributed by atoms with Gasteiger partial charge in [-0.15, -0.1) is 0 Å². The molecule has 0 saturated carbocycles. The number of nitrogens with one attached hydrogen (secondary N) is 1. The Morgan fingerprint density at radius 1 is 1.50 bits per heavy atom. The topological polar surface area (TPSA) is 49.3 Å². The number of allylic oxidation sites excluding steroid dienone is 2. The third-order valence-electron chi connectivity index (χ3n) is 2.22. The van der Waals surface area contributed by atoms with Gasteiger partial charge in [-0.1, -0.05) is 13.0 Å². The van der Waals surface area contributed by atoms with Crippen LogP contribution in [0, 0.1) is 0 Å². The molecule has 1 aromatic carbocycles. The van der Waals surface area contributed by atoms with E-state index in [0.717, 1.165) is 23.2 Å². The molecule has 0 aliphatic carbocycles. The number of hydrogen-bond acceptors (Lipinski definition) is 3. The SMILES string of the molecule is C=O.CC/C=C(/C)c1ccc(NC)cc1O. The van der Waals surface area contributed by atoms with Crippen LogP contribution in [0.4, 0.5) is 5.69 Å². The smallest absolute Gasteiger partial charge is 0.125 e. The number of phenolic OH excluding ortho intramolecular Hbond substituents is 1. The number of benzene rings is 1. The molecule has 1 aromatic rings. The van der Waals surface area contributed by atoms with Gasteiger partial charge in [-0.05, 0) is 31.1 Å². The lowest BCUT2D eigenvalue weighted by Crippen LogP contribution is -1.89. The van der Waals surface area contributed by atoms with Crippen molar-refractivity contribution in [3.05, 3.63) is 29.8 Å². The van der Waals surface area contributed by atoms with Crippen molar-refractivity contribution < 1.29 is 9.90 Å². The van der Waals surface area contributed by atoms with Gasteiger partial charge in [-0.2, -0.15) is 0 Å². The molecule has 0 atom stereocenters. The molecule has 2 N–H and O–H groups in total. The van der Waals surface area contributed by atoms with Gasteiger partial charge in [0.1, 0.15) is 12.5 Å². The van der Waals surface area contributed by atoms with E-state index in [0.29, 0.717) is 5.75 Å². The van der Waals surface area contributed by atoms with E-state index >= 15 is 0 Å². The summed E-state index contributed by atoms with van der Waals surface area (Å²) in [6.07, 6.45) is 3.09. The van der Waals surface area contributed by atoms with Gasteiger partial charge >= 0.3 is 0 Å². The Hall–Kier alpha value is -1.77. The van der Waals surface area contributed by atoms with Crippen molar-refractivity contribution in [3.63, 3.8) is 0 Å². The highest BCUT2D eigenvalue weighted by atomic mass is 16.3. The van der Waals surface area contributed by atoms with Gasteiger partial charge in [-0.25, -0.2) is 0 Å². The molecule has 16 heavy (non-hydrogen) atoms. The number of aromatic hydroxyl groups is 1. The van der Waals surface area contributed by atoms with Crippen molar-refractivity contribution in [2.45, 2.75) is 20.3 Å². The lowest BCUT2D eigenvalue weighted by Gasteiger charge is -2.07. The van der Waals surface area contributed by atoms with Crippen molar-refractivity contribution in [2.75, 3.05) is 12.4 Å². The van der Waals surface area contributed by atoms with Crippen molar-refractivity contribution in [1.82, 2.24) is 0 Å². The molecule has 0 spiro atoms. The van der Waals surface area contributed by atoms with E-state index in [1.165, 1.54) is 0 Å². The van der Waals surface area contributed by atoms with Gasteiger partial charge in [-0.3, -0.25) is 0 Å². The molecule has 0 fully saturated rings. The summed E-state index contributed by atoms with van der Waals surface area (Å²) in [6.45, 7) is 6.10. The maximum atomic E-state index is 9.74. The Morgan fingerprint density at radius 3 is 2.56 bits per heavy atom. The fourth-order valence-electron chi connectivity index (χ4n) is 1.44. The van der Waals surface area contributed by atoms with Crippen LogP contribution < -0.4 is 5.32 Å². The van der Waals surface area contributed by atoms with Crippen molar-refractivity contribution in [1.29, 1.82) is 0 Å². The third-order valence-corrected chi connectivity index (χ3v) is 2.22. The van der Waals surface area contributed by atoms with E-state index in [2.05, 4.69) is 18.3 Å². The van der Waals surface area contributed by atoms with Crippen molar-refractivity contribution >= 4 is 18.0 Å². The molecular formula is C13H19NO2. The minimum atomic E-state index is 0.332. The molecule has 0 aliphatic rings. The molecule has 0 bridgehead atoms. The van der Waals surface area contributed by atoms with Gasteiger partial charge in [0.05, 0.1) is 0 Å². The number of carbonyl (C=O) groups excluding carboxylic acids is 1. The highest BCUT2D eigenvalue weighted by molar-refractivity contribution is 5.71. The van der Waals surface area contributed by atoms with Gasteiger partial charge < -0.3 is 15.2 Å². The van der Waals surface area contributed by atoms with Crippen LogP contribution in [-0.4, -0.2) is 18.9 Å². The molecule has 0 unspecified atom stereocenters. The lowest BCUT2D eigenvalue weighted by atomic mass is 10.0. The molecule has 1 rings (SSSR count). The van der Waals surface area contributed by atoms with Gasteiger partial charge in [0.25, 0.3) is 0 Å². The second kappa shape index (κ2) is 7.51. The summed E-state index contributed by atoms with van der Waals surface area (Å²) in [7, 11) is 1.84. The first-order valence-corrected chi connectivity index (χ1v) is 5.15. The van der Waals surface area contributed by atoms with Crippen LogP contribution in [0.25, 0.3) is 5.57 Å². The van der Waals surface area contributed by atoms with Crippen LogP contribution in [-0.2, 0) is 4.79 Å². The van der Waals surface area contributed by atoms with Crippen LogP contribution in [0.5, 0.6) is 5.75 Å². The monoisotopic (exact) mass is 221 g/mol. The molecule has 0 aromatic heterocycles. The molecule has 3 heteroatoms. The average Bonchev–Trinajstić information content (AvgIpc) is 2.31. The first kappa shape index (κ1) is 14.2. The normalized spacial score (nSPS) is 10.3. The second-order valence-corrected chi connectivity index (χ2v) is 3.28. The average molecular weight is 221 g/mol. The molecule has 0 saturated heterocycles. The number of rotatable bonds is 3. The van der Waals surface area contributed by atoms with E-state index < -0.39 is 0 Å². The van der Waals surface area contributed by atoms with E-state index in [4.69, 9.17) is 4.79 Å². The zero-order valence-corrected chi connectivity index (χ0v) is 10.1. The molecule has 0 aliphatic heterocycles. The maximum absolute atomic E-state index is 9.74. The van der Waals surface area contributed by atoms with Gasteiger partial charge in [0.2, 0.25) is 0 Å². The molecule has 88 valence electrons. The molecule has 0 amide bonds. The quantitative estimate of drug-likeness (QED) is 0.824. The van der Waals surface area contributed by atoms with Crippen LogP contribution >= 0.6 is 0 Å². The van der Waals surface area contributed by atoms with E-state index in [1.807, 2.05) is 32.9 Å². The molecule has 0 heterocycles. The summed E-state index contributed by atoms with van der Waals surface area (Å²) in [5, 5.41) is 12.7. The number of hydrogen-bond donors (Lipinski definition) is 2. The van der Waals surface area contributed by atoms with E-state index in [-0.39, 0.29) is 0 Å². The maximum Gasteiger partial charge on any atom is 0.125 e. The Kier molecular flexibility index (Phi) is 6.68. The summed E-state index contributed by atoms with van der Waals surface area (Å²) < 4.78 is 0. The Balaban J connectivity index is 0.00000106. The van der Waals surface area contributed by atoms with E-state index in [1.54, 1.807) is 6.07 Å².